The van der Waals surface area contributed by atoms with Crippen LogP contribution in [0.4, 0.5) is 0 Å². The highest BCUT2D eigenvalue weighted by Crippen LogP contribution is 2.43. The molecule has 5 nitrogen and oxygen atoms in total. The first-order chi connectivity index (χ1) is 12.8. The number of amides is 1. The Kier molecular flexibility index (Phi) is 8.17. The van der Waals surface area contributed by atoms with Gasteiger partial charge in [-0.1, -0.05) is 40.0 Å². The number of hydrogen-bond donors (Lipinski definition) is 1. The zero-order valence-electron chi connectivity index (χ0n) is 17.9. The molecule has 0 aromatic rings. The molecule has 2 aliphatic rings. The monoisotopic (exact) mass is 381 g/mol. The Morgan fingerprint density at radius 3 is 2.52 bits per heavy atom. The number of allylic oxidation sites excluding steroid dienone is 1. The van der Waals surface area contributed by atoms with Crippen molar-refractivity contribution < 1.29 is 19.4 Å². The second-order valence-corrected chi connectivity index (χ2v) is 9.10. The van der Waals surface area contributed by atoms with Crippen LogP contribution in [0.1, 0.15) is 72.6 Å². The van der Waals surface area contributed by atoms with E-state index in [0.29, 0.717) is 24.8 Å². The van der Waals surface area contributed by atoms with Gasteiger partial charge in [-0.2, -0.15) is 0 Å². The minimum Gasteiger partial charge on any atom is -0.459 e. The van der Waals surface area contributed by atoms with Crippen LogP contribution in [0, 0.1) is 17.3 Å². The molecule has 1 N–H and O–H groups in total. The van der Waals surface area contributed by atoms with E-state index in [-0.39, 0.29) is 29.8 Å². The molecule has 156 valence electrons. The largest absolute Gasteiger partial charge is 0.459 e. The Morgan fingerprint density at radius 1 is 1.30 bits per heavy atom. The first-order valence-electron chi connectivity index (χ1n) is 10.7. The molecule has 0 unspecified atom stereocenters. The minimum absolute atomic E-state index is 0.0196. The van der Waals surface area contributed by atoms with Gasteiger partial charge in [0.25, 0.3) is 5.91 Å². The fraction of sp³-hybridized carbons (Fsp3) is 0.864. The van der Waals surface area contributed by atoms with Crippen LogP contribution in [0.25, 0.3) is 0 Å². The highest BCUT2D eigenvalue weighted by atomic mass is 16.7. The number of aliphatic hydroxyl groups is 1. The van der Waals surface area contributed by atoms with Gasteiger partial charge in [0.2, 0.25) is 6.29 Å². The van der Waals surface area contributed by atoms with E-state index in [0.717, 1.165) is 19.3 Å². The molecule has 1 saturated carbocycles. The average molecular weight is 382 g/mol. The molecule has 0 spiro atoms. The van der Waals surface area contributed by atoms with Crippen LogP contribution >= 0.6 is 0 Å². The maximum atomic E-state index is 13.2. The minimum atomic E-state index is -0.436. The summed E-state index contributed by atoms with van der Waals surface area (Å²) in [6.45, 7) is 9.24. The molecule has 1 heterocycles. The molecule has 0 aromatic carbocycles. The lowest BCUT2D eigenvalue weighted by molar-refractivity contribution is -0.182. The molecule has 5 heteroatoms. The number of rotatable bonds is 7. The molecule has 0 bridgehead atoms. The first-order valence-corrected chi connectivity index (χ1v) is 10.7. The predicted molar refractivity (Wildman–Crippen MR) is 107 cm³/mol. The third-order valence-electron chi connectivity index (χ3n) is 6.06. The predicted octanol–water partition coefficient (Wildman–Crippen LogP) is 4.11. The molecule has 1 amide bonds. The number of carbonyl (C=O) groups is 1. The fourth-order valence-corrected chi connectivity index (χ4v) is 4.49. The molecule has 2 rings (SSSR count). The number of hydrogen-bond acceptors (Lipinski definition) is 4. The van der Waals surface area contributed by atoms with Crippen molar-refractivity contribution in [2.75, 3.05) is 20.3 Å². The van der Waals surface area contributed by atoms with Crippen LogP contribution in [0.15, 0.2) is 11.8 Å². The summed E-state index contributed by atoms with van der Waals surface area (Å²) in [5.41, 5.74) is -0.0196. The molecule has 0 saturated heterocycles. The highest BCUT2D eigenvalue weighted by Gasteiger charge is 2.42. The Hall–Kier alpha value is -1.07. The van der Waals surface area contributed by atoms with Crippen molar-refractivity contribution in [1.82, 2.24) is 4.90 Å². The molecule has 27 heavy (non-hydrogen) atoms. The smallest absolute Gasteiger partial charge is 0.288 e. The Balaban J connectivity index is 2.25. The van der Waals surface area contributed by atoms with Crippen LogP contribution in [0.3, 0.4) is 0 Å². The zero-order chi connectivity index (χ0) is 20.0. The van der Waals surface area contributed by atoms with Gasteiger partial charge in [0.15, 0.2) is 5.76 Å². The lowest BCUT2D eigenvalue weighted by Crippen LogP contribution is -2.45. The van der Waals surface area contributed by atoms with Gasteiger partial charge in [-0.3, -0.25) is 4.79 Å². The lowest BCUT2D eigenvalue weighted by Gasteiger charge is -2.43. The summed E-state index contributed by atoms with van der Waals surface area (Å²) in [5.74, 6) is 0.699. The molecule has 1 fully saturated rings. The van der Waals surface area contributed by atoms with Crippen molar-refractivity contribution in [3.8, 4) is 0 Å². The summed E-state index contributed by atoms with van der Waals surface area (Å²) < 4.78 is 12.0. The van der Waals surface area contributed by atoms with Crippen molar-refractivity contribution in [3.63, 3.8) is 0 Å². The van der Waals surface area contributed by atoms with Crippen molar-refractivity contribution in [2.45, 2.75) is 85.0 Å². The van der Waals surface area contributed by atoms with Gasteiger partial charge < -0.3 is 19.5 Å². The van der Waals surface area contributed by atoms with Gasteiger partial charge in [-0.25, -0.2) is 0 Å². The SMILES string of the molecule is CCO[C@@H]1OC(C(=O)N(C)C2CCCCC2)=C[C@H](C(C)(C)C)[C@@H]1CCCO. The maximum Gasteiger partial charge on any atom is 0.288 e. The van der Waals surface area contributed by atoms with Gasteiger partial charge in [-0.05, 0) is 50.0 Å². The van der Waals surface area contributed by atoms with E-state index < -0.39 is 6.29 Å². The molecular weight excluding hydrogens is 342 g/mol. The van der Waals surface area contributed by atoms with Gasteiger partial charge >= 0.3 is 0 Å². The van der Waals surface area contributed by atoms with E-state index in [1.807, 2.05) is 24.9 Å². The summed E-state index contributed by atoms with van der Waals surface area (Å²) >= 11 is 0. The van der Waals surface area contributed by atoms with E-state index in [2.05, 4.69) is 20.8 Å². The molecular formula is C22H39NO4. The Bertz CT molecular complexity index is 505. The highest BCUT2D eigenvalue weighted by molar-refractivity contribution is 5.91. The van der Waals surface area contributed by atoms with Gasteiger partial charge in [0.1, 0.15) is 0 Å². The second kappa shape index (κ2) is 9.92. The lowest BCUT2D eigenvalue weighted by atomic mass is 9.70. The van der Waals surface area contributed by atoms with Crippen molar-refractivity contribution in [1.29, 1.82) is 0 Å². The van der Waals surface area contributed by atoms with Crippen molar-refractivity contribution >= 4 is 5.91 Å². The van der Waals surface area contributed by atoms with Crippen LogP contribution in [-0.4, -0.2) is 48.5 Å². The Labute approximate surface area is 165 Å². The zero-order valence-corrected chi connectivity index (χ0v) is 17.9. The van der Waals surface area contributed by atoms with Gasteiger partial charge in [0.05, 0.1) is 0 Å². The van der Waals surface area contributed by atoms with Gasteiger partial charge in [0, 0.05) is 32.2 Å². The van der Waals surface area contributed by atoms with Crippen LogP contribution in [0.5, 0.6) is 0 Å². The van der Waals surface area contributed by atoms with E-state index >= 15 is 0 Å². The topological polar surface area (TPSA) is 59.0 Å². The number of aliphatic hydroxyl groups excluding tert-OH is 1. The first kappa shape index (κ1) is 22.2. The third-order valence-corrected chi connectivity index (χ3v) is 6.06. The van der Waals surface area contributed by atoms with E-state index in [9.17, 15) is 9.90 Å². The standard InChI is InChI=1S/C22H39NO4/c1-6-26-21-17(13-10-14-24)18(22(2,3)4)15-19(27-21)20(25)23(5)16-11-8-7-9-12-16/h15-18,21,24H,6-14H2,1-5H3/t17-,18-,21+/m0/s1. The van der Waals surface area contributed by atoms with E-state index in [1.165, 1.54) is 19.3 Å². The summed E-state index contributed by atoms with van der Waals surface area (Å²) in [6.07, 6.45) is 8.92. The van der Waals surface area contributed by atoms with Gasteiger partial charge in [-0.15, -0.1) is 0 Å². The van der Waals surface area contributed by atoms with Crippen LogP contribution in [-0.2, 0) is 14.3 Å². The third kappa shape index (κ3) is 5.71. The maximum absolute atomic E-state index is 13.2. The molecule has 0 aromatic heterocycles. The average Bonchev–Trinajstić information content (AvgIpc) is 2.65. The number of nitrogens with zero attached hydrogens (tertiary/aromatic N) is 1. The van der Waals surface area contributed by atoms with E-state index in [1.54, 1.807) is 0 Å². The summed E-state index contributed by atoms with van der Waals surface area (Å²) in [5, 5.41) is 9.30. The van der Waals surface area contributed by atoms with Crippen molar-refractivity contribution in [2.24, 2.45) is 17.3 Å². The number of ether oxygens (including phenoxy) is 2. The summed E-state index contributed by atoms with van der Waals surface area (Å²) in [4.78, 5) is 15.1. The fourth-order valence-electron chi connectivity index (χ4n) is 4.49. The number of likely N-dealkylation sites (N-methyl/N-ethyl adjacent to an activating group) is 1. The normalized spacial score (nSPS) is 27.0. The van der Waals surface area contributed by atoms with Crippen LogP contribution < -0.4 is 0 Å². The Morgan fingerprint density at radius 2 is 1.96 bits per heavy atom. The molecule has 3 atom stereocenters. The molecule has 0 radical (unpaired) electrons. The van der Waals surface area contributed by atoms with E-state index in [4.69, 9.17) is 9.47 Å². The van der Waals surface area contributed by atoms with Crippen LogP contribution in [0.2, 0.25) is 0 Å². The summed E-state index contributed by atoms with van der Waals surface area (Å²) in [7, 11) is 1.90. The van der Waals surface area contributed by atoms with Crippen molar-refractivity contribution in [3.05, 3.63) is 11.8 Å². The molecule has 1 aliphatic carbocycles. The molecule has 1 aliphatic heterocycles. The number of carbonyl (C=O) groups excluding carboxylic acids is 1. The summed E-state index contributed by atoms with van der Waals surface area (Å²) in [6, 6.07) is 0.307. The quantitative estimate of drug-likeness (QED) is 0.721. The second-order valence-electron chi connectivity index (χ2n) is 9.10.